The number of carbonyl (C=O) groups is 2. The van der Waals surface area contributed by atoms with Gasteiger partial charge in [-0.15, -0.1) is 6.58 Å². The summed E-state index contributed by atoms with van der Waals surface area (Å²) in [7, 11) is 0. The molecule has 0 spiro atoms. The van der Waals surface area contributed by atoms with Crippen molar-refractivity contribution in [3.05, 3.63) is 12.7 Å². The molecule has 0 aromatic carbocycles. The molecular formula is C11H19NO4. The van der Waals surface area contributed by atoms with Gasteiger partial charge in [0, 0.05) is 5.41 Å². The monoisotopic (exact) mass is 229 g/mol. The van der Waals surface area contributed by atoms with E-state index < -0.39 is 23.4 Å². The lowest BCUT2D eigenvalue weighted by Gasteiger charge is -2.28. The van der Waals surface area contributed by atoms with Crippen molar-refractivity contribution in [1.29, 1.82) is 0 Å². The predicted octanol–water partition coefficient (Wildman–Crippen LogP) is 0.804. The molecule has 0 saturated heterocycles. The van der Waals surface area contributed by atoms with E-state index in [1.165, 1.54) is 0 Å². The van der Waals surface area contributed by atoms with Gasteiger partial charge in [0.1, 0.15) is 6.04 Å². The van der Waals surface area contributed by atoms with E-state index in [-0.39, 0.29) is 13.2 Å². The Hall–Kier alpha value is -1.36. The van der Waals surface area contributed by atoms with Gasteiger partial charge in [0.25, 0.3) is 0 Å². The Kier molecular flexibility index (Phi) is 5.74. The van der Waals surface area contributed by atoms with Crippen LogP contribution in [0.25, 0.3) is 0 Å². The average molecular weight is 229 g/mol. The van der Waals surface area contributed by atoms with Gasteiger partial charge in [-0.1, -0.05) is 19.9 Å². The Morgan fingerprint density at radius 2 is 2.12 bits per heavy atom. The summed E-state index contributed by atoms with van der Waals surface area (Å²) in [5, 5.41) is 11.7. The van der Waals surface area contributed by atoms with Gasteiger partial charge in [-0.2, -0.15) is 0 Å². The molecule has 0 fully saturated rings. The molecule has 0 amide bonds. The van der Waals surface area contributed by atoms with Gasteiger partial charge in [0.05, 0.1) is 13.2 Å². The summed E-state index contributed by atoms with van der Waals surface area (Å²) in [5.74, 6) is -1.48. The number of esters is 1. The van der Waals surface area contributed by atoms with Gasteiger partial charge in [-0.05, 0) is 6.92 Å². The second kappa shape index (κ2) is 6.27. The van der Waals surface area contributed by atoms with Crippen molar-refractivity contribution in [2.24, 2.45) is 5.41 Å². The van der Waals surface area contributed by atoms with Gasteiger partial charge in [0.2, 0.25) is 0 Å². The molecule has 0 radical (unpaired) electrons. The summed E-state index contributed by atoms with van der Waals surface area (Å²) in [6, 6.07) is -0.866. The molecule has 0 aliphatic rings. The molecule has 0 aliphatic heterocycles. The van der Waals surface area contributed by atoms with Crippen LogP contribution in [0.2, 0.25) is 0 Å². The Balaban J connectivity index is 4.42. The van der Waals surface area contributed by atoms with E-state index in [2.05, 4.69) is 11.9 Å². The van der Waals surface area contributed by atoms with Crippen LogP contribution < -0.4 is 5.32 Å². The largest absolute Gasteiger partial charge is 0.480 e. The number of rotatable bonds is 7. The van der Waals surface area contributed by atoms with Crippen LogP contribution in [-0.2, 0) is 14.3 Å². The third kappa shape index (κ3) is 4.44. The summed E-state index contributed by atoms with van der Waals surface area (Å²) in [4.78, 5) is 22.1. The molecule has 1 unspecified atom stereocenters. The Morgan fingerprint density at radius 1 is 1.56 bits per heavy atom. The zero-order valence-electron chi connectivity index (χ0n) is 9.95. The topological polar surface area (TPSA) is 75.6 Å². The number of nitrogens with one attached hydrogen (secondary N) is 1. The SMILES string of the molecule is C=CC(C)(C)C(NCC(=O)OCC)C(=O)O. The maximum absolute atomic E-state index is 11.1. The zero-order chi connectivity index (χ0) is 12.8. The quantitative estimate of drug-likeness (QED) is 0.499. The number of carboxylic acids is 1. The number of carbonyl (C=O) groups excluding carboxylic acids is 1. The molecule has 2 N–H and O–H groups in total. The molecule has 1 atom stereocenters. The lowest BCUT2D eigenvalue weighted by molar-refractivity contribution is -0.144. The van der Waals surface area contributed by atoms with Gasteiger partial charge < -0.3 is 9.84 Å². The van der Waals surface area contributed by atoms with E-state index in [1.807, 2.05) is 0 Å². The Bertz CT molecular complexity index is 273. The van der Waals surface area contributed by atoms with Crippen molar-refractivity contribution < 1.29 is 19.4 Å². The first-order chi connectivity index (χ1) is 7.35. The highest BCUT2D eigenvalue weighted by Crippen LogP contribution is 2.21. The molecule has 92 valence electrons. The Labute approximate surface area is 95.5 Å². The lowest BCUT2D eigenvalue weighted by Crippen LogP contribution is -2.48. The van der Waals surface area contributed by atoms with Crippen LogP contribution in [0.15, 0.2) is 12.7 Å². The van der Waals surface area contributed by atoms with Crippen LogP contribution in [0, 0.1) is 5.41 Å². The summed E-state index contributed by atoms with van der Waals surface area (Å²) in [6.07, 6.45) is 1.55. The molecule has 0 aromatic rings. The van der Waals surface area contributed by atoms with Gasteiger partial charge in [-0.25, -0.2) is 0 Å². The molecule has 0 aromatic heterocycles. The second-order valence-corrected chi connectivity index (χ2v) is 3.98. The van der Waals surface area contributed by atoms with Crippen LogP contribution in [0.1, 0.15) is 20.8 Å². The maximum Gasteiger partial charge on any atom is 0.321 e. The minimum absolute atomic E-state index is 0.123. The normalized spacial score (nSPS) is 12.9. The van der Waals surface area contributed by atoms with Crippen molar-refractivity contribution in [1.82, 2.24) is 5.32 Å². The first-order valence-corrected chi connectivity index (χ1v) is 5.10. The fourth-order valence-electron chi connectivity index (χ4n) is 1.18. The summed E-state index contributed by atoms with van der Waals surface area (Å²) in [6.45, 7) is 8.90. The molecular weight excluding hydrogens is 210 g/mol. The molecule has 5 nitrogen and oxygen atoms in total. The third-order valence-electron chi connectivity index (χ3n) is 2.27. The lowest BCUT2D eigenvalue weighted by atomic mass is 9.84. The molecule has 0 bridgehead atoms. The van der Waals surface area contributed by atoms with Crippen molar-refractivity contribution >= 4 is 11.9 Å². The first kappa shape index (κ1) is 14.6. The highest BCUT2D eigenvalue weighted by atomic mass is 16.5. The highest BCUT2D eigenvalue weighted by molar-refractivity contribution is 5.77. The second-order valence-electron chi connectivity index (χ2n) is 3.98. The molecule has 0 heterocycles. The minimum Gasteiger partial charge on any atom is -0.480 e. The van der Waals surface area contributed by atoms with E-state index >= 15 is 0 Å². The third-order valence-corrected chi connectivity index (χ3v) is 2.27. The minimum atomic E-state index is -1.02. The molecule has 0 aliphatic carbocycles. The van der Waals surface area contributed by atoms with Gasteiger partial charge >= 0.3 is 11.9 Å². The number of hydrogen-bond donors (Lipinski definition) is 2. The van der Waals surface area contributed by atoms with Crippen molar-refractivity contribution in [2.75, 3.05) is 13.2 Å². The van der Waals surface area contributed by atoms with Crippen LogP contribution in [0.5, 0.6) is 0 Å². The number of carboxylic acid groups (broad SMARTS) is 1. The molecule has 16 heavy (non-hydrogen) atoms. The van der Waals surface area contributed by atoms with Gasteiger partial charge in [-0.3, -0.25) is 14.9 Å². The van der Waals surface area contributed by atoms with E-state index in [4.69, 9.17) is 9.84 Å². The fourth-order valence-corrected chi connectivity index (χ4v) is 1.18. The van der Waals surface area contributed by atoms with Crippen LogP contribution in [-0.4, -0.2) is 36.2 Å². The summed E-state index contributed by atoms with van der Waals surface area (Å²) < 4.78 is 4.70. The fraction of sp³-hybridized carbons (Fsp3) is 0.636. The predicted molar refractivity (Wildman–Crippen MR) is 60.0 cm³/mol. The number of ether oxygens (including phenoxy) is 1. The smallest absolute Gasteiger partial charge is 0.321 e. The zero-order valence-corrected chi connectivity index (χ0v) is 9.95. The van der Waals surface area contributed by atoms with Gasteiger partial charge in [0.15, 0.2) is 0 Å². The molecule has 0 rings (SSSR count). The first-order valence-electron chi connectivity index (χ1n) is 5.10. The van der Waals surface area contributed by atoms with Crippen LogP contribution in [0.3, 0.4) is 0 Å². The maximum atomic E-state index is 11.1. The van der Waals surface area contributed by atoms with Crippen LogP contribution >= 0.6 is 0 Å². The standard InChI is InChI=1S/C11H19NO4/c1-5-11(3,4)9(10(14)15)12-7-8(13)16-6-2/h5,9,12H,1,6-7H2,2-4H3,(H,14,15). The van der Waals surface area contributed by atoms with E-state index in [0.717, 1.165) is 0 Å². The number of hydrogen-bond acceptors (Lipinski definition) is 4. The highest BCUT2D eigenvalue weighted by Gasteiger charge is 2.32. The van der Waals surface area contributed by atoms with E-state index in [1.54, 1.807) is 26.8 Å². The average Bonchev–Trinajstić information content (AvgIpc) is 2.17. The molecule has 0 saturated carbocycles. The van der Waals surface area contributed by atoms with Crippen molar-refractivity contribution in [3.63, 3.8) is 0 Å². The van der Waals surface area contributed by atoms with Crippen LogP contribution in [0.4, 0.5) is 0 Å². The molecule has 5 heteroatoms. The van der Waals surface area contributed by atoms with E-state index in [0.29, 0.717) is 0 Å². The summed E-state index contributed by atoms with van der Waals surface area (Å²) in [5.41, 5.74) is -0.641. The Morgan fingerprint density at radius 3 is 2.50 bits per heavy atom. The van der Waals surface area contributed by atoms with Crippen molar-refractivity contribution in [2.45, 2.75) is 26.8 Å². The van der Waals surface area contributed by atoms with Crippen molar-refractivity contribution in [3.8, 4) is 0 Å². The van der Waals surface area contributed by atoms with E-state index in [9.17, 15) is 9.59 Å². The number of aliphatic carboxylic acids is 1. The summed E-state index contributed by atoms with van der Waals surface area (Å²) >= 11 is 0.